The maximum atomic E-state index is 12.3. The Morgan fingerprint density at radius 1 is 1.22 bits per heavy atom. The standard InChI is InChI=1S/C14H15N3O/c1-9-6-7-17-14(16)12(9)13(18)11-4-2-10(8-15)3-5-11/h2-7H,8,15H2,1H3,(H2,16,17). The van der Waals surface area contributed by atoms with E-state index in [1.165, 1.54) is 0 Å². The summed E-state index contributed by atoms with van der Waals surface area (Å²) in [6.45, 7) is 2.31. The Kier molecular flexibility index (Phi) is 3.39. The number of rotatable bonds is 3. The third-order valence-corrected chi connectivity index (χ3v) is 2.87. The molecule has 18 heavy (non-hydrogen) atoms. The summed E-state index contributed by atoms with van der Waals surface area (Å²) in [4.78, 5) is 16.3. The molecule has 92 valence electrons. The molecular formula is C14H15N3O. The van der Waals surface area contributed by atoms with Crippen molar-refractivity contribution in [2.24, 2.45) is 5.73 Å². The van der Waals surface area contributed by atoms with E-state index in [0.717, 1.165) is 11.1 Å². The third kappa shape index (κ3) is 2.24. The minimum Gasteiger partial charge on any atom is -0.383 e. The third-order valence-electron chi connectivity index (χ3n) is 2.87. The summed E-state index contributed by atoms with van der Waals surface area (Å²) in [5.74, 6) is 0.157. The van der Waals surface area contributed by atoms with E-state index in [4.69, 9.17) is 11.5 Å². The molecule has 0 saturated carbocycles. The maximum Gasteiger partial charge on any atom is 0.196 e. The first-order valence-corrected chi connectivity index (χ1v) is 5.68. The summed E-state index contributed by atoms with van der Waals surface area (Å²) in [6.07, 6.45) is 1.60. The molecule has 4 nitrogen and oxygen atoms in total. The first kappa shape index (κ1) is 12.3. The smallest absolute Gasteiger partial charge is 0.196 e. The zero-order valence-corrected chi connectivity index (χ0v) is 10.2. The second-order valence-corrected chi connectivity index (χ2v) is 4.12. The van der Waals surface area contributed by atoms with Crippen LogP contribution in [0.3, 0.4) is 0 Å². The van der Waals surface area contributed by atoms with Crippen LogP contribution in [0.5, 0.6) is 0 Å². The second-order valence-electron chi connectivity index (χ2n) is 4.12. The van der Waals surface area contributed by atoms with E-state index >= 15 is 0 Å². The van der Waals surface area contributed by atoms with Crippen LogP contribution in [0.2, 0.25) is 0 Å². The Morgan fingerprint density at radius 3 is 2.44 bits per heavy atom. The van der Waals surface area contributed by atoms with Crippen LogP contribution in [0.25, 0.3) is 0 Å². The van der Waals surface area contributed by atoms with Crippen molar-refractivity contribution in [1.82, 2.24) is 4.98 Å². The van der Waals surface area contributed by atoms with E-state index in [1.54, 1.807) is 24.4 Å². The monoisotopic (exact) mass is 241 g/mol. The number of carbonyl (C=O) groups excluding carboxylic acids is 1. The summed E-state index contributed by atoms with van der Waals surface area (Å²) in [5.41, 5.74) is 14.2. The van der Waals surface area contributed by atoms with Gasteiger partial charge in [0.15, 0.2) is 5.78 Å². The van der Waals surface area contributed by atoms with Crippen LogP contribution in [0.1, 0.15) is 27.0 Å². The van der Waals surface area contributed by atoms with E-state index in [-0.39, 0.29) is 11.6 Å². The van der Waals surface area contributed by atoms with Crippen molar-refractivity contribution >= 4 is 11.6 Å². The Labute approximate surface area is 106 Å². The minimum atomic E-state index is -0.110. The predicted octanol–water partition coefficient (Wildman–Crippen LogP) is 1.66. The van der Waals surface area contributed by atoms with Gasteiger partial charge in [0.25, 0.3) is 0 Å². The van der Waals surface area contributed by atoms with Crippen LogP contribution in [-0.4, -0.2) is 10.8 Å². The number of benzene rings is 1. The highest BCUT2D eigenvalue weighted by Gasteiger charge is 2.15. The van der Waals surface area contributed by atoms with Crippen molar-refractivity contribution in [1.29, 1.82) is 0 Å². The van der Waals surface area contributed by atoms with E-state index in [0.29, 0.717) is 17.7 Å². The summed E-state index contributed by atoms with van der Waals surface area (Å²) in [6, 6.07) is 8.98. The zero-order valence-electron chi connectivity index (χ0n) is 10.2. The van der Waals surface area contributed by atoms with E-state index < -0.39 is 0 Å². The largest absolute Gasteiger partial charge is 0.383 e. The lowest BCUT2D eigenvalue weighted by atomic mass is 9.99. The van der Waals surface area contributed by atoms with Crippen molar-refractivity contribution < 1.29 is 4.79 Å². The zero-order chi connectivity index (χ0) is 13.1. The topological polar surface area (TPSA) is 82.0 Å². The highest BCUT2D eigenvalue weighted by Crippen LogP contribution is 2.18. The molecule has 0 aliphatic carbocycles. The van der Waals surface area contributed by atoms with Gasteiger partial charge in [-0.05, 0) is 24.1 Å². The number of ketones is 1. The molecule has 2 rings (SSSR count). The average Bonchev–Trinajstić information content (AvgIpc) is 2.38. The van der Waals surface area contributed by atoms with Gasteiger partial charge in [0, 0.05) is 18.3 Å². The molecule has 4 N–H and O–H groups in total. The first-order chi connectivity index (χ1) is 8.63. The molecule has 0 saturated heterocycles. The fourth-order valence-corrected chi connectivity index (χ4v) is 1.81. The van der Waals surface area contributed by atoms with Crippen LogP contribution in [0.4, 0.5) is 5.82 Å². The number of aryl methyl sites for hydroxylation is 1. The van der Waals surface area contributed by atoms with Crippen molar-refractivity contribution in [2.75, 3.05) is 5.73 Å². The molecule has 0 fully saturated rings. The van der Waals surface area contributed by atoms with E-state index in [9.17, 15) is 4.79 Å². The number of hydrogen-bond acceptors (Lipinski definition) is 4. The van der Waals surface area contributed by atoms with E-state index in [2.05, 4.69) is 4.98 Å². The van der Waals surface area contributed by atoms with Gasteiger partial charge in [-0.2, -0.15) is 0 Å². The maximum absolute atomic E-state index is 12.3. The molecule has 0 unspecified atom stereocenters. The van der Waals surface area contributed by atoms with Crippen LogP contribution >= 0.6 is 0 Å². The lowest BCUT2D eigenvalue weighted by Gasteiger charge is -2.07. The van der Waals surface area contributed by atoms with E-state index in [1.807, 2.05) is 19.1 Å². The molecule has 1 aromatic carbocycles. The second kappa shape index (κ2) is 4.98. The predicted molar refractivity (Wildman–Crippen MR) is 71.2 cm³/mol. The Bertz CT molecular complexity index is 556. The summed E-state index contributed by atoms with van der Waals surface area (Å²) in [5, 5.41) is 0. The lowest BCUT2D eigenvalue weighted by molar-refractivity contribution is 0.103. The number of carbonyl (C=O) groups is 1. The molecule has 0 radical (unpaired) electrons. The van der Waals surface area contributed by atoms with Crippen molar-refractivity contribution in [3.63, 3.8) is 0 Å². The number of anilines is 1. The number of nitrogens with zero attached hydrogens (tertiary/aromatic N) is 1. The van der Waals surface area contributed by atoms with Crippen LogP contribution in [-0.2, 0) is 6.54 Å². The van der Waals surface area contributed by atoms with Gasteiger partial charge in [-0.3, -0.25) is 4.79 Å². The average molecular weight is 241 g/mol. The van der Waals surface area contributed by atoms with Crippen molar-refractivity contribution in [2.45, 2.75) is 13.5 Å². The highest BCUT2D eigenvalue weighted by molar-refractivity contribution is 6.12. The van der Waals surface area contributed by atoms with Gasteiger partial charge in [0.1, 0.15) is 5.82 Å². The molecule has 1 heterocycles. The number of nitrogens with two attached hydrogens (primary N) is 2. The molecule has 2 aromatic rings. The van der Waals surface area contributed by atoms with Gasteiger partial charge >= 0.3 is 0 Å². The molecule has 1 aromatic heterocycles. The van der Waals surface area contributed by atoms with Gasteiger partial charge in [0.05, 0.1) is 5.56 Å². The molecule has 0 bridgehead atoms. The Morgan fingerprint density at radius 2 is 1.89 bits per heavy atom. The number of nitrogen functional groups attached to an aromatic ring is 1. The highest BCUT2D eigenvalue weighted by atomic mass is 16.1. The Hall–Kier alpha value is -2.20. The van der Waals surface area contributed by atoms with Crippen LogP contribution in [0, 0.1) is 6.92 Å². The fraction of sp³-hybridized carbons (Fsp3) is 0.143. The summed E-state index contributed by atoms with van der Waals surface area (Å²) in [7, 11) is 0. The Balaban J connectivity index is 2.41. The first-order valence-electron chi connectivity index (χ1n) is 5.68. The molecule has 0 aliphatic rings. The van der Waals surface area contributed by atoms with Gasteiger partial charge in [-0.25, -0.2) is 4.98 Å². The summed E-state index contributed by atoms with van der Waals surface area (Å²) < 4.78 is 0. The molecule has 0 spiro atoms. The molecule has 0 atom stereocenters. The fourth-order valence-electron chi connectivity index (χ4n) is 1.81. The van der Waals surface area contributed by atoms with Gasteiger partial charge in [0.2, 0.25) is 0 Å². The summed E-state index contributed by atoms with van der Waals surface area (Å²) >= 11 is 0. The molecule has 0 amide bonds. The minimum absolute atomic E-state index is 0.110. The van der Waals surface area contributed by atoms with Gasteiger partial charge < -0.3 is 11.5 Å². The van der Waals surface area contributed by atoms with Crippen LogP contribution in [0.15, 0.2) is 36.5 Å². The molecular weight excluding hydrogens is 226 g/mol. The number of pyridine rings is 1. The van der Waals surface area contributed by atoms with Crippen molar-refractivity contribution in [3.05, 3.63) is 58.8 Å². The normalized spacial score (nSPS) is 10.3. The SMILES string of the molecule is Cc1ccnc(N)c1C(=O)c1ccc(CN)cc1. The lowest BCUT2D eigenvalue weighted by Crippen LogP contribution is -2.09. The number of hydrogen-bond donors (Lipinski definition) is 2. The van der Waals surface area contributed by atoms with Crippen LogP contribution < -0.4 is 11.5 Å². The van der Waals surface area contributed by atoms with Gasteiger partial charge in [-0.1, -0.05) is 24.3 Å². The molecule has 4 heteroatoms. The van der Waals surface area contributed by atoms with Gasteiger partial charge in [-0.15, -0.1) is 0 Å². The number of aromatic nitrogens is 1. The van der Waals surface area contributed by atoms with Crippen molar-refractivity contribution in [3.8, 4) is 0 Å². The quantitative estimate of drug-likeness (QED) is 0.801. The molecule has 0 aliphatic heterocycles.